The molecule has 0 atom stereocenters. The Bertz CT molecular complexity index is 890. The van der Waals surface area contributed by atoms with E-state index in [-0.39, 0.29) is 5.82 Å². The monoisotopic (exact) mass is 376 g/mol. The maximum absolute atomic E-state index is 13.3. The summed E-state index contributed by atoms with van der Waals surface area (Å²) >= 11 is 0. The number of aryl methyl sites for hydroxylation is 2. The molecular weight excluding hydrogens is 351 g/mol. The van der Waals surface area contributed by atoms with Crippen molar-refractivity contribution in [3.63, 3.8) is 0 Å². The molecule has 2 aromatic carbocycles. The molecule has 0 amide bonds. The van der Waals surface area contributed by atoms with E-state index in [1.165, 1.54) is 12.1 Å². The van der Waals surface area contributed by atoms with Gasteiger partial charge in [-0.05, 0) is 74.2 Å². The van der Waals surface area contributed by atoms with E-state index in [9.17, 15) is 12.8 Å². The van der Waals surface area contributed by atoms with Crippen molar-refractivity contribution in [3.8, 4) is 0 Å². The third-order valence-electron chi connectivity index (χ3n) is 5.33. The Hall–Kier alpha value is -1.92. The molecule has 4 nitrogen and oxygen atoms in total. The van der Waals surface area contributed by atoms with Crippen LogP contribution in [-0.2, 0) is 10.0 Å². The second-order valence-corrected chi connectivity index (χ2v) is 8.83. The van der Waals surface area contributed by atoms with E-state index in [0.717, 1.165) is 27.9 Å². The van der Waals surface area contributed by atoms with Crippen molar-refractivity contribution >= 4 is 15.7 Å². The van der Waals surface area contributed by atoms with Crippen molar-refractivity contribution in [2.45, 2.75) is 32.6 Å². The molecular formula is C20H25FN2O2S. The summed E-state index contributed by atoms with van der Waals surface area (Å²) in [6.45, 7) is 9.69. The van der Waals surface area contributed by atoms with Crippen LogP contribution in [0.25, 0.3) is 0 Å². The van der Waals surface area contributed by atoms with Crippen LogP contribution in [0.5, 0.6) is 0 Å². The molecule has 3 rings (SSSR count). The highest BCUT2D eigenvalue weighted by atomic mass is 32.2. The Morgan fingerprint density at radius 1 is 0.846 bits per heavy atom. The minimum absolute atomic E-state index is 0.268. The number of piperazine rings is 1. The highest BCUT2D eigenvalue weighted by molar-refractivity contribution is 7.89. The van der Waals surface area contributed by atoms with Gasteiger partial charge in [-0.15, -0.1) is 0 Å². The van der Waals surface area contributed by atoms with Gasteiger partial charge in [-0.1, -0.05) is 6.07 Å². The fraction of sp³-hybridized carbons (Fsp3) is 0.400. The molecule has 0 bridgehead atoms. The van der Waals surface area contributed by atoms with Gasteiger partial charge in [0.05, 0.1) is 4.90 Å². The molecule has 1 heterocycles. The van der Waals surface area contributed by atoms with E-state index in [1.807, 2.05) is 33.8 Å². The summed E-state index contributed by atoms with van der Waals surface area (Å²) in [6.07, 6.45) is 0. The summed E-state index contributed by atoms with van der Waals surface area (Å²) in [4.78, 5) is 2.54. The molecule has 26 heavy (non-hydrogen) atoms. The van der Waals surface area contributed by atoms with Crippen molar-refractivity contribution in [2.24, 2.45) is 0 Å². The van der Waals surface area contributed by atoms with Gasteiger partial charge in [-0.25, -0.2) is 12.8 Å². The molecule has 0 aliphatic carbocycles. The van der Waals surface area contributed by atoms with Crippen LogP contribution in [0.4, 0.5) is 10.1 Å². The van der Waals surface area contributed by atoms with Crippen molar-refractivity contribution in [1.29, 1.82) is 0 Å². The summed E-state index contributed by atoms with van der Waals surface area (Å²) in [5, 5.41) is 0. The van der Waals surface area contributed by atoms with Crippen molar-refractivity contribution in [1.82, 2.24) is 4.31 Å². The van der Waals surface area contributed by atoms with E-state index in [4.69, 9.17) is 0 Å². The average molecular weight is 376 g/mol. The Kier molecular flexibility index (Phi) is 5.08. The number of sulfonamides is 1. The number of hydrogen-bond donors (Lipinski definition) is 0. The molecule has 1 aliphatic heterocycles. The number of hydrogen-bond acceptors (Lipinski definition) is 3. The van der Waals surface area contributed by atoms with Crippen LogP contribution in [-0.4, -0.2) is 38.9 Å². The van der Waals surface area contributed by atoms with Gasteiger partial charge >= 0.3 is 0 Å². The summed E-state index contributed by atoms with van der Waals surface area (Å²) in [5.41, 5.74) is 4.57. The number of rotatable bonds is 3. The third kappa shape index (κ3) is 3.35. The van der Waals surface area contributed by atoms with Gasteiger partial charge in [0.2, 0.25) is 10.0 Å². The van der Waals surface area contributed by atoms with Gasteiger partial charge in [0.15, 0.2) is 0 Å². The Morgan fingerprint density at radius 2 is 1.35 bits per heavy atom. The lowest BCUT2D eigenvalue weighted by Gasteiger charge is -2.36. The topological polar surface area (TPSA) is 40.6 Å². The Balaban J connectivity index is 1.84. The summed E-state index contributed by atoms with van der Waals surface area (Å²) in [5.74, 6) is -0.268. The van der Waals surface area contributed by atoms with Crippen LogP contribution < -0.4 is 4.90 Å². The fourth-order valence-corrected chi connectivity index (χ4v) is 5.53. The van der Waals surface area contributed by atoms with Gasteiger partial charge in [-0.3, -0.25) is 0 Å². The average Bonchev–Trinajstić information content (AvgIpc) is 2.61. The number of anilines is 1. The molecule has 0 unspecified atom stereocenters. The zero-order valence-electron chi connectivity index (χ0n) is 15.7. The van der Waals surface area contributed by atoms with Crippen molar-refractivity contribution in [3.05, 3.63) is 58.4 Å². The van der Waals surface area contributed by atoms with Crippen LogP contribution >= 0.6 is 0 Å². The first kappa shape index (κ1) is 18.9. The summed E-state index contributed by atoms with van der Waals surface area (Å²) in [6, 6.07) is 8.37. The van der Waals surface area contributed by atoms with E-state index in [2.05, 4.69) is 4.90 Å². The summed E-state index contributed by atoms with van der Waals surface area (Å²) in [7, 11) is -3.53. The van der Waals surface area contributed by atoms with Crippen molar-refractivity contribution in [2.75, 3.05) is 31.1 Å². The first-order valence-corrected chi connectivity index (χ1v) is 10.2. The van der Waals surface area contributed by atoms with Crippen LogP contribution in [0, 0.1) is 33.5 Å². The van der Waals surface area contributed by atoms with Gasteiger partial charge in [-0.2, -0.15) is 4.31 Å². The van der Waals surface area contributed by atoms with E-state index in [1.54, 1.807) is 16.4 Å². The van der Waals surface area contributed by atoms with Crippen molar-refractivity contribution < 1.29 is 12.8 Å². The molecule has 0 radical (unpaired) electrons. The Morgan fingerprint density at radius 3 is 1.85 bits per heavy atom. The molecule has 0 saturated carbocycles. The molecule has 2 aromatic rings. The van der Waals surface area contributed by atoms with E-state index < -0.39 is 10.0 Å². The van der Waals surface area contributed by atoms with Crippen LogP contribution in [0.1, 0.15) is 22.3 Å². The molecule has 0 N–H and O–H groups in total. The van der Waals surface area contributed by atoms with Crippen LogP contribution in [0.3, 0.4) is 0 Å². The molecule has 0 aromatic heterocycles. The maximum Gasteiger partial charge on any atom is 0.243 e. The minimum atomic E-state index is -3.53. The largest absolute Gasteiger partial charge is 0.369 e. The van der Waals surface area contributed by atoms with Gasteiger partial charge in [0.1, 0.15) is 5.82 Å². The molecule has 1 saturated heterocycles. The standard InChI is InChI=1S/C20H25FN2O2S/c1-14-13-15(2)17(4)20(16(14)3)26(24,25)23-11-9-22(10-12-23)19-7-5-18(21)6-8-19/h5-8,13H,9-12H2,1-4H3. The van der Waals surface area contributed by atoms with Crippen LogP contribution in [0.2, 0.25) is 0 Å². The zero-order chi connectivity index (χ0) is 19.1. The molecule has 140 valence electrons. The molecule has 6 heteroatoms. The van der Waals surface area contributed by atoms with E-state index >= 15 is 0 Å². The number of nitrogens with zero attached hydrogens (tertiary/aromatic N) is 2. The first-order chi connectivity index (χ1) is 12.2. The smallest absolute Gasteiger partial charge is 0.243 e. The summed E-state index contributed by atoms with van der Waals surface area (Å²) < 4.78 is 41.2. The normalized spacial score (nSPS) is 16.1. The second-order valence-electron chi connectivity index (χ2n) is 6.96. The highest BCUT2D eigenvalue weighted by Crippen LogP contribution is 2.29. The lowest BCUT2D eigenvalue weighted by Crippen LogP contribution is -2.49. The fourth-order valence-electron chi connectivity index (χ4n) is 3.54. The SMILES string of the molecule is Cc1cc(C)c(C)c(S(=O)(=O)N2CCN(c3ccc(F)cc3)CC2)c1C. The molecule has 0 spiro atoms. The first-order valence-electron chi connectivity index (χ1n) is 8.80. The number of halogens is 1. The Labute approximate surface area is 155 Å². The molecule has 1 aliphatic rings. The zero-order valence-corrected chi connectivity index (χ0v) is 16.5. The predicted octanol–water partition coefficient (Wildman–Crippen LogP) is 3.57. The van der Waals surface area contributed by atoms with Gasteiger partial charge < -0.3 is 4.90 Å². The lowest BCUT2D eigenvalue weighted by molar-refractivity contribution is 0.384. The second kappa shape index (κ2) is 7.00. The molecule has 1 fully saturated rings. The number of benzene rings is 2. The highest BCUT2D eigenvalue weighted by Gasteiger charge is 2.31. The predicted molar refractivity (Wildman–Crippen MR) is 103 cm³/mol. The van der Waals surface area contributed by atoms with Gasteiger partial charge in [0, 0.05) is 31.9 Å². The van der Waals surface area contributed by atoms with Gasteiger partial charge in [0.25, 0.3) is 0 Å². The van der Waals surface area contributed by atoms with Crippen LogP contribution in [0.15, 0.2) is 35.2 Å². The quantitative estimate of drug-likeness (QED) is 0.822. The minimum Gasteiger partial charge on any atom is -0.369 e. The lowest BCUT2D eigenvalue weighted by atomic mass is 10.0. The maximum atomic E-state index is 13.3. The van der Waals surface area contributed by atoms with E-state index in [0.29, 0.717) is 31.1 Å². The third-order valence-corrected chi connectivity index (χ3v) is 7.50.